The number of hydrogen-bond acceptors (Lipinski definition) is 0. The van der Waals surface area contributed by atoms with E-state index in [1.165, 1.54) is 16.7 Å². The minimum absolute atomic E-state index is 1.09. The van der Waals surface area contributed by atoms with Gasteiger partial charge in [-0.2, -0.15) is 0 Å². The molecule has 0 aliphatic rings. The summed E-state index contributed by atoms with van der Waals surface area (Å²) in [7, 11) is 0. The Bertz CT molecular complexity index is 466. The van der Waals surface area contributed by atoms with E-state index in [0.717, 1.165) is 6.42 Å². The van der Waals surface area contributed by atoms with Gasteiger partial charge in [-0.05, 0) is 23.1 Å². The summed E-state index contributed by atoms with van der Waals surface area (Å²) < 4.78 is 0. The average molecular weight is 208 g/mol. The molecule has 0 N–H and O–H groups in total. The van der Waals surface area contributed by atoms with Crippen molar-refractivity contribution in [2.24, 2.45) is 0 Å². The Kier molecular flexibility index (Phi) is 3.55. The lowest BCUT2D eigenvalue weighted by Gasteiger charge is -1.98. The van der Waals surface area contributed by atoms with Crippen molar-refractivity contribution in [3.8, 4) is 0 Å². The highest BCUT2D eigenvalue weighted by molar-refractivity contribution is 5.69. The fourth-order valence-electron chi connectivity index (χ4n) is 1.67. The van der Waals surface area contributed by atoms with Gasteiger partial charge >= 0.3 is 0 Å². The molecule has 0 bridgehead atoms. The number of benzene rings is 2. The van der Waals surface area contributed by atoms with E-state index >= 15 is 0 Å². The van der Waals surface area contributed by atoms with Crippen LogP contribution in [0.2, 0.25) is 0 Å². The second-order valence-electron chi connectivity index (χ2n) is 3.84. The second kappa shape index (κ2) is 5.32. The van der Waals surface area contributed by atoms with E-state index in [9.17, 15) is 0 Å². The third-order valence-corrected chi connectivity index (χ3v) is 2.63. The molecule has 0 saturated heterocycles. The smallest absolute Gasteiger partial charge is 0.0254 e. The largest absolute Gasteiger partial charge is 0.0622 e. The van der Waals surface area contributed by atoms with E-state index in [0.29, 0.717) is 0 Å². The van der Waals surface area contributed by atoms with Crippen molar-refractivity contribution in [2.45, 2.75) is 13.3 Å². The fourth-order valence-corrected chi connectivity index (χ4v) is 1.67. The number of aryl methyl sites for hydroxylation is 1. The van der Waals surface area contributed by atoms with Gasteiger partial charge in [0.2, 0.25) is 0 Å². The quantitative estimate of drug-likeness (QED) is 0.655. The molecule has 0 fully saturated rings. The topological polar surface area (TPSA) is 0 Å². The van der Waals surface area contributed by atoms with Crippen molar-refractivity contribution in [3.63, 3.8) is 0 Å². The third kappa shape index (κ3) is 2.83. The summed E-state index contributed by atoms with van der Waals surface area (Å²) in [6.45, 7) is 2.18. The van der Waals surface area contributed by atoms with E-state index in [-0.39, 0.29) is 0 Å². The van der Waals surface area contributed by atoms with Gasteiger partial charge < -0.3 is 0 Å². The van der Waals surface area contributed by atoms with Gasteiger partial charge in [-0.15, -0.1) is 0 Å². The second-order valence-corrected chi connectivity index (χ2v) is 3.84. The molecule has 0 saturated carbocycles. The van der Waals surface area contributed by atoms with Crippen molar-refractivity contribution < 1.29 is 0 Å². The van der Waals surface area contributed by atoms with Gasteiger partial charge in [0.25, 0.3) is 0 Å². The highest BCUT2D eigenvalue weighted by Crippen LogP contribution is 2.10. The van der Waals surface area contributed by atoms with Crippen molar-refractivity contribution in [2.75, 3.05) is 0 Å². The molecule has 0 radical (unpaired) electrons. The van der Waals surface area contributed by atoms with E-state index < -0.39 is 0 Å². The molecule has 0 spiro atoms. The summed E-state index contributed by atoms with van der Waals surface area (Å²) in [6.07, 6.45) is 5.40. The predicted molar refractivity (Wildman–Crippen MR) is 71.2 cm³/mol. The minimum atomic E-state index is 1.09. The maximum atomic E-state index is 2.24. The van der Waals surface area contributed by atoms with Crippen LogP contribution in [-0.4, -0.2) is 0 Å². The Morgan fingerprint density at radius 1 is 0.812 bits per heavy atom. The lowest BCUT2D eigenvalue weighted by Crippen LogP contribution is -1.80. The van der Waals surface area contributed by atoms with Crippen molar-refractivity contribution in [3.05, 3.63) is 71.3 Å². The Hall–Kier alpha value is -1.82. The van der Waals surface area contributed by atoms with Crippen molar-refractivity contribution in [1.29, 1.82) is 0 Å². The molecule has 0 unspecified atom stereocenters. The molecular formula is C16H16. The van der Waals surface area contributed by atoms with Crippen LogP contribution in [-0.2, 0) is 6.42 Å². The minimum Gasteiger partial charge on any atom is -0.0622 e. The summed E-state index contributed by atoms with van der Waals surface area (Å²) in [6, 6.07) is 19.0. The molecule has 2 rings (SSSR count). The molecule has 0 atom stereocenters. The zero-order chi connectivity index (χ0) is 11.2. The van der Waals surface area contributed by atoms with E-state index in [2.05, 4.69) is 67.6 Å². The lowest BCUT2D eigenvalue weighted by molar-refractivity contribution is 1.14. The summed E-state index contributed by atoms with van der Waals surface area (Å²) in [5, 5.41) is 0. The van der Waals surface area contributed by atoms with Gasteiger partial charge in [-0.1, -0.05) is 73.7 Å². The summed E-state index contributed by atoms with van der Waals surface area (Å²) in [5.74, 6) is 0. The molecule has 0 aromatic heterocycles. The normalized spacial score (nSPS) is 10.8. The maximum absolute atomic E-state index is 2.24. The first kappa shape index (κ1) is 10.7. The number of hydrogen-bond donors (Lipinski definition) is 0. The Morgan fingerprint density at radius 2 is 1.50 bits per heavy atom. The standard InChI is InChI=1S/C16H16/c1-2-14-9-6-10-16(13-14)12-11-15-7-4-3-5-8-15/h3-13H,2H2,1H3. The van der Waals surface area contributed by atoms with E-state index in [4.69, 9.17) is 0 Å². The maximum Gasteiger partial charge on any atom is -0.0254 e. The molecule has 2 aromatic rings. The van der Waals surface area contributed by atoms with Crippen LogP contribution in [0.3, 0.4) is 0 Å². The molecule has 0 heteroatoms. The lowest BCUT2D eigenvalue weighted by atomic mass is 10.1. The van der Waals surface area contributed by atoms with Gasteiger partial charge in [0.15, 0.2) is 0 Å². The molecule has 0 nitrogen and oxygen atoms in total. The molecule has 0 aliphatic heterocycles. The van der Waals surface area contributed by atoms with Gasteiger partial charge in [-0.3, -0.25) is 0 Å². The Labute approximate surface area is 97.3 Å². The van der Waals surface area contributed by atoms with Crippen LogP contribution in [0.15, 0.2) is 54.6 Å². The summed E-state index contributed by atoms with van der Waals surface area (Å²) >= 11 is 0. The number of rotatable bonds is 3. The van der Waals surface area contributed by atoms with Crippen LogP contribution in [0.1, 0.15) is 23.6 Å². The van der Waals surface area contributed by atoms with Gasteiger partial charge in [0.1, 0.15) is 0 Å². The highest BCUT2D eigenvalue weighted by atomic mass is 14.0. The van der Waals surface area contributed by atoms with Crippen LogP contribution < -0.4 is 0 Å². The first-order chi connectivity index (χ1) is 7.88. The first-order valence-corrected chi connectivity index (χ1v) is 5.70. The monoisotopic (exact) mass is 208 g/mol. The molecule has 0 heterocycles. The average Bonchev–Trinajstić information content (AvgIpc) is 2.38. The molecule has 0 aliphatic carbocycles. The Morgan fingerprint density at radius 3 is 2.25 bits per heavy atom. The van der Waals surface area contributed by atoms with Crippen molar-refractivity contribution in [1.82, 2.24) is 0 Å². The molecule has 0 amide bonds. The van der Waals surface area contributed by atoms with E-state index in [1.54, 1.807) is 0 Å². The van der Waals surface area contributed by atoms with Crippen LogP contribution in [0.25, 0.3) is 12.2 Å². The van der Waals surface area contributed by atoms with Crippen LogP contribution in [0, 0.1) is 0 Å². The zero-order valence-corrected chi connectivity index (χ0v) is 9.56. The molecule has 2 aromatic carbocycles. The predicted octanol–water partition coefficient (Wildman–Crippen LogP) is 4.42. The van der Waals surface area contributed by atoms with Gasteiger partial charge in [0, 0.05) is 0 Å². The third-order valence-electron chi connectivity index (χ3n) is 2.63. The van der Waals surface area contributed by atoms with Crippen LogP contribution in [0.5, 0.6) is 0 Å². The van der Waals surface area contributed by atoms with Crippen LogP contribution in [0.4, 0.5) is 0 Å². The highest BCUT2D eigenvalue weighted by Gasteiger charge is 1.90. The summed E-state index contributed by atoms with van der Waals surface area (Å²) in [5.41, 5.74) is 3.89. The Balaban J connectivity index is 2.17. The summed E-state index contributed by atoms with van der Waals surface area (Å²) in [4.78, 5) is 0. The molecule has 80 valence electrons. The zero-order valence-electron chi connectivity index (χ0n) is 9.56. The fraction of sp³-hybridized carbons (Fsp3) is 0.125. The molecule has 16 heavy (non-hydrogen) atoms. The SMILES string of the molecule is CCc1cccc(C=Cc2ccccc2)c1. The molecular weight excluding hydrogens is 192 g/mol. The van der Waals surface area contributed by atoms with Gasteiger partial charge in [-0.25, -0.2) is 0 Å². The van der Waals surface area contributed by atoms with Gasteiger partial charge in [0.05, 0.1) is 0 Å². The van der Waals surface area contributed by atoms with E-state index in [1.807, 2.05) is 6.07 Å². The first-order valence-electron chi connectivity index (χ1n) is 5.70. The van der Waals surface area contributed by atoms with Crippen molar-refractivity contribution >= 4 is 12.2 Å². The van der Waals surface area contributed by atoms with Crippen LogP contribution >= 0.6 is 0 Å².